The lowest BCUT2D eigenvalue weighted by molar-refractivity contribution is 0.413. The molecule has 1 nitrogen and oxygen atoms in total. The number of nitrogens with zero attached hydrogens (tertiary/aromatic N) is 1. The van der Waals surface area contributed by atoms with E-state index in [-0.39, 0.29) is 0 Å². The summed E-state index contributed by atoms with van der Waals surface area (Å²) >= 11 is 0. The highest BCUT2D eigenvalue weighted by molar-refractivity contribution is 5.51. The van der Waals surface area contributed by atoms with Gasteiger partial charge < -0.3 is 0 Å². The monoisotopic (exact) mass is 229 g/mol. The summed E-state index contributed by atoms with van der Waals surface area (Å²) in [7, 11) is 0. The van der Waals surface area contributed by atoms with Crippen LogP contribution in [-0.2, 0) is 0 Å². The topological polar surface area (TPSA) is 12.9 Å². The smallest absolute Gasteiger partial charge is 0.0340 e. The van der Waals surface area contributed by atoms with E-state index < -0.39 is 0 Å². The highest BCUT2D eigenvalue weighted by atomic mass is 14.6. The molecule has 1 aromatic rings. The molecule has 0 aromatic carbocycles. The van der Waals surface area contributed by atoms with Crippen molar-refractivity contribution in [3.8, 4) is 0 Å². The molecule has 0 unspecified atom stereocenters. The first kappa shape index (κ1) is 13.7. The second kappa shape index (κ2) is 6.39. The van der Waals surface area contributed by atoms with E-state index in [1.807, 2.05) is 12.3 Å². The fourth-order valence-corrected chi connectivity index (χ4v) is 1.75. The van der Waals surface area contributed by atoms with Crippen molar-refractivity contribution in [2.24, 2.45) is 5.41 Å². The maximum absolute atomic E-state index is 4.11. The lowest BCUT2D eigenvalue weighted by atomic mass is 9.87. The van der Waals surface area contributed by atoms with Crippen molar-refractivity contribution in [1.29, 1.82) is 0 Å². The largest absolute Gasteiger partial charge is 0.264 e. The van der Waals surface area contributed by atoms with Crippen LogP contribution in [0.25, 0.3) is 6.08 Å². The van der Waals surface area contributed by atoms with Crippen LogP contribution in [0.2, 0.25) is 0 Å². The first-order valence-electron chi connectivity index (χ1n) is 6.28. The van der Waals surface area contributed by atoms with Crippen molar-refractivity contribution in [3.05, 3.63) is 47.8 Å². The van der Waals surface area contributed by atoms with Gasteiger partial charge in [-0.05, 0) is 29.9 Å². The molecule has 0 fully saturated rings. The van der Waals surface area contributed by atoms with Crippen molar-refractivity contribution in [2.75, 3.05) is 0 Å². The third kappa shape index (κ3) is 6.06. The first-order chi connectivity index (χ1) is 8.01. The van der Waals surface area contributed by atoms with Gasteiger partial charge in [0.1, 0.15) is 0 Å². The molecule has 0 amide bonds. The minimum absolute atomic E-state index is 0.334. The highest BCUT2D eigenvalue weighted by Gasteiger charge is 2.11. The molecule has 0 radical (unpaired) electrons. The maximum Gasteiger partial charge on any atom is 0.0340 e. The van der Waals surface area contributed by atoms with Crippen LogP contribution >= 0.6 is 0 Å². The summed E-state index contributed by atoms with van der Waals surface area (Å²) < 4.78 is 0. The molecule has 0 aliphatic heterocycles. The number of allylic oxidation sites excluding steroid dienone is 3. The first-order valence-corrected chi connectivity index (χ1v) is 6.28. The van der Waals surface area contributed by atoms with Gasteiger partial charge in [0, 0.05) is 12.4 Å². The van der Waals surface area contributed by atoms with Crippen molar-refractivity contribution in [3.63, 3.8) is 0 Å². The molecule has 0 aliphatic carbocycles. The Hall–Kier alpha value is -1.37. The molecule has 92 valence electrons. The van der Waals surface area contributed by atoms with E-state index in [1.165, 1.54) is 5.57 Å². The number of aromatic nitrogens is 1. The number of rotatable bonds is 4. The Labute approximate surface area is 105 Å². The van der Waals surface area contributed by atoms with Crippen LogP contribution in [0.4, 0.5) is 0 Å². The average molecular weight is 229 g/mol. The predicted octanol–water partition coefficient (Wildman–Crippen LogP) is 4.87. The molecule has 0 atom stereocenters. The second-order valence-corrected chi connectivity index (χ2v) is 5.54. The third-order valence-electron chi connectivity index (χ3n) is 2.38. The number of hydrogen-bond acceptors (Lipinski definition) is 1. The van der Waals surface area contributed by atoms with Gasteiger partial charge in [-0.2, -0.15) is 0 Å². The normalized spacial score (nSPS) is 13.3. The molecule has 1 heteroatoms. The molecule has 0 N–H and O–H groups in total. The van der Waals surface area contributed by atoms with Crippen LogP contribution in [0.5, 0.6) is 0 Å². The SMILES string of the molecule is CC/C=C(\C=C\c1cccnc1)CC(C)(C)C. The Balaban J connectivity index is 2.75. The van der Waals surface area contributed by atoms with Crippen LogP contribution in [0.15, 0.2) is 42.3 Å². The molecule has 17 heavy (non-hydrogen) atoms. The van der Waals surface area contributed by atoms with Crippen LogP contribution in [0, 0.1) is 5.41 Å². The number of pyridine rings is 1. The molecule has 0 bridgehead atoms. The van der Waals surface area contributed by atoms with Gasteiger partial charge in [-0.3, -0.25) is 4.98 Å². The van der Waals surface area contributed by atoms with E-state index in [9.17, 15) is 0 Å². The molecule has 0 saturated heterocycles. The Morgan fingerprint density at radius 1 is 1.35 bits per heavy atom. The molecular formula is C16H23N. The zero-order valence-electron chi connectivity index (χ0n) is 11.4. The van der Waals surface area contributed by atoms with E-state index in [2.05, 4.69) is 57.0 Å². The zero-order chi connectivity index (χ0) is 12.7. The van der Waals surface area contributed by atoms with E-state index >= 15 is 0 Å². The van der Waals surface area contributed by atoms with Crippen molar-refractivity contribution < 1.29 is 0 Å². The molecule has 1 aromatic heterocycles. The van der Waals surface area contributed by atoms with Crippen molar-refractivity contribution in [2.45, 2.75) is 40.5 Å². The summed E-state index contributed by atoms with van der Waals surface area (Å²) in [6.07, 6.45) is 12.5. The second-order valence-electron chi connectivity index (χ2n) is 5.54. The predicted molar refractivity (Wildman–Crippen MR) is 75.7 cm³/mol. The molecule has 0 aliphatic rings. The van der Waals surface area contributed by atoms with Gasteiger partial charge in [-0.1, -0.05) is 57.6 Å². The van der Waals surface area contributed by atoms with Crippen LogP contribution in [-0.4, -0.2) is 4.98 Å². The summed E-state index contributed by atoms with van der Waals surface area (Å²) in [5.74, 6) is 0. The van der Waals surface area contributed by atoms with Gasteiger partial charge in [-0.25, -0.2) is 0 Å². The zero-order valence-corrected chi connectivity index (χ0v) is 11.4. The summed E-state index contributed by atoms with van der Waals surface area (Å²) in [6, 6.07) is 4.04. The minimum atomic E-state index is 0.334. The van der Waals surface area contributed by atoms with Gasteiger partial charge in [0.05, 0.1) is 0 Å². The van der Waals surface area contributed by atoms with Gasteiger partial charge in [0.25, 0.3) is 0 Å². The fourth-order valence-electron chi connectivity index (χ4n) is 1.75. The van der Waals surface area contributed by atoms with E-state index in [0.29, 0.717) is 5.41 Å². The third-order valence-corrected chi connectivity index (χ3v) is 2.38. The van der Waals surface area contributed by atoms with Crippen molar-refractivity contribution in [1.82, 2.24) is 4.98 Å². The van der Waals surface area contributed by atoms with Crippen LogP contribution in [0.3, 0.4) is 0 Å². The lowest BCUT2D eigenvalue weighted by Crippen LogP contribution is -2.05. The molecular weight excluding hydrogens is 206 g/mol. The van der Waals surface area contributed by atoms with Gasteiger partial charge in [0.2, 0.25) is 0 Å². The standard InChI is InChI=1S/C16H23N/c1-5-7-14(12-16(2,3)4)9-10-15-8-6-11-17-13-15/h6-11,13H,5,12H2,1-4H3/b10-9+,14-7+. The number of hydrogen-bond donors (Lipinski definition) is 0. The lowest BCUT2D eigenvalue weighted by Gasteiger charge is -2.18. The summed E-state index contributed by atoms with van der Waals surface area (Å²) in [5, 5.41) is 0. The summed E-state index contributed by atoms with van der Waals surface area (Å²) in [4.78, 5) is 4.11. The minimum Gasteiger partial charge on any atom is -0.264 e. The highest BCUT2D eigenvalue weighted by Crippen LogP contribution is 2.25. The summed E-state index contributed by atoms with van der Waals surface area (Å²) in [5.41, 5.74) is 2.90. The van der Waals surface area contributed by atoms with Gasteiger partial charge in [0.15, 0.2) is 0 Å². The Bertz CT molecular complexity index is 380. The van der Waals surface area contributed by atoms with Gasteiger partial charge in [-0.15, -0.1) is 0 Å². The Kier molecular flexibility index (Phi) is 5.14. The molecule has 0 saturated carbocycles. The Morgan fingerprint density at radius 3 is 2.65 bits per heavy atom. The van der Waals surface area contributed by atoms with E-state index in [4.69, 9.17) is 0 Å². The molecule has 1 heterocycles. The maximum atomic E-state index is 4.11. The van der Waals surface area contributed by atoms with E-state index in [1.54, 1.807) is 6.20 Å². The summed E-state index contributed by atoms with van der Waals surface area (Å²) in [6.45, 7) is 9.00. The molecule has 0 spiro atoms. The quantitative estimate of drug-likeness (QED) is 0.671. The van der Waals surface area contributed by atoms with Crippen molar-refractivity contribution >= 4 is 6.08 Å². The fraction of sp³-hybridized carbons (Fsp3) is 0.438. The van der Waals surface area contributed by atoms with E-state index in [0.717, 1.165) is 18.4 Å². The Morgan fingerprint density at radius 2 is 2.12 bits per heavy atom. The average Bonchev–Trinajstić information content (AvgIpc) is 2.26. The van der Waals surface area contributed by atoms with Crippen LogP contribution < -0.4 is 0 Å². The van der Waals surface area contributed by atoms with Crippen LogP contribution in [0.1, 0.15) is 46.1 Å². The molecule has 1 rings (SSSR count). The van der Waals surface area contributed by atoms with Gasteiger partial charge >= 0.3 is 0 Å².